The molecule has 2 aromatic heterocycles. The van der Waals surface area contributed by atoms with E-state index in [4.69, 9.17) is 4.74 Å². The monoisotopic (exact) mass is 311 g/mol. The Kier molecular flexibility index (Phi) is 5.12. The molecule has 110 valence electrons. The van der Waals surface area contributed by atoms with E-state index in [9.17, 15) is 0 Å². The number of methoxy groups -OCH3 is 1. The third kappa shape index (κ3) is 4.54. The maximum Gasteiger partial charge on any atom is 0.157 e. The van der Waals surface area contributed by atoms with Crippen LogP contribution in [0.1, 0.15) is 32.2 Å². The van der Waals surface area contributed by atoms with Gasteiger partial charge in [0.05, 0.1) is 12.0 Å². The molecule has 2 heterocycles. The van der Waals surface area contributed by atoms with Gasteiger partial charge < -0.3 is 10.1 Å². The summed E-state index contributed by atoms with van der Waals surface area (Å²) in [6.07, 6.45) is 2.06. The first kappa shape index (κ1) is 15.4. The fourth-order valence-electron chi connectivity index (χ4n) is 1.70. The van der Waals surface area contributed by atoms with E-state index in [0.29, 0.717) is 0 Å². The summed E-state index contributed by atoms with van der Waals surface area (Å²) < 4.78 is 5.19. The van der Waals surface area contributed by atoms with Gasteiger partial charge in [0.2, 0.25) is 0 Å². The Labute approximate surface area is 128 Å². The molecule has 0 aliphatic rings. The molecule has 20 heavy (non-hydrogen) atoms. The van der Waals surface area contributed by atoms with Gasteiger partial charge in [0.1, 0.15) is 10.8 Å². The van der Waals surface area contributed by atoms with E-state index in [1.807, 2.05) is 11.4 Å². The van der Waals surface area contributed by atoms with Gasteiger partial charge in [-0.2, -0.15) is 0 Å². The molecule has 2 rings (SSSR count). The highest BCUT2D eigenvalue weighted by molar-refractivity contribution is 7.20. The van der Waals surface area contributed by atoms with Gasteiger partial charge in [-0.25, -0.2) is 0 Å². The van der Waals surface area contributed by atoms with Gasteiger partial charge in [0, 0.05) is 23.4 Å². The van der Waals surface area contributed by atoms with E-state index in [2.05, 4.69) is 36.3 Å². The lowest BCUT2D eigenvalue weighted by molar-refractivity contribution is 0.417. The minimum atomic E-state index is 0.180. The number of hydrogen-bond donors (Lipinski definition) is 1. The van der Waals surface area contributed by atoms with E-state index < -0.39 is 0 Å². The molecule has 0 aromatic carbocycles. The molecule has 0 unspecified atom stereocenters. The van der Waals surface area contributed by atoms with Crippen LogP contribution in [0.4, 0.5) is 0 Å². The lowest BCUT2D eigenvalue weighted by Crippen LogP contribution is -2.36. The number of nitrogens with one attached hydrogen (secondary N) is 1. The molecule has 0 aliphatic heterocycles. The number of ether oxygens (including phenoxy) is 1. The predicted molar refractivity (Wildman–Crippen MR) is 85.9 cm³/mol. The number of aryl methyl sites for hydroxylation is 1. The fourth-order valence-corrected chi connectivity index (χ4v) is 3.49. The van der Waals surface area contributed by atoms with Crippen LogP contribution in [0.3, 0.4) is 0 Å². The Morgan fingerprint density at radius 3 is 2.75 bits per heavy atom. The zero-order chi connectivity index (χ0) is 14.6. The Morgan fingerprint density at radius 2 is 2.10 bits per heavy atom. The Balaban J connectivity index is 1.86. The molecule has 0 saturated heterocycles. The highest BCUT2D eigenvalue weighted by Gasteiger charge is 2.11. The zero-order valence-electron chi connectivity index (χ0n) is 12.4. The van der Waals surface area contributed by atoms with Crippen molar-refractivity contribution in [1.82, 2.24) is 15.5 Å². The van der Waals surface area contributed by atoms with Gasteiger partial charge in [0.15, 0.2) is 5.01 Å². The molecular weight excluding hydrogens is 290 g/mol. The van der Waals surface area contributed by atoms with Crippen LogP contribution in [0, 0.1) is 0 Å². The molecule has 4 nitrogen and oxygen atoms in total. The van der Waals surface area contributed by atoms with E-state index in [0.717, 1.165) is 40.0 Å². The van der Waals surface area contributed by atoms with Crippen LogP contribution in [0.25, 0.3) is 9.88 Å². The third-order valence-corrected chi connectivity index (χ3v) is 4.77. The predicted octanol–water partition coefficient (Wildman–Crippen LogP) is 3.60. The molecule has 0 amide bonds. The maximum absolute atomic E-state index is 5.19. The number of nitrogens with zero attached hydrogens (tertiary/aromatic N) is 2. The third-order valence-electron chi connectivity index (χ3n) is 2.71. The molecule has 0 aliphatic carbocycles. The van der Waals surface area contributed by atoms with Crippen molar-refractivity contribution >= 4 is 22.7 Å². The van der Waals surface area contributed by atoms with Crippen LogP contribution in [0.15, 0.2) is 11.4 Å². The Bertz CT molecular complexity index is 543. The second-order valence-corrected chi connectivity index (χ2v) is 7.61. The van der Waals surface area contributed by atoms with Crippen molar-refractivity contribution in [2.45, 2.75) is 39.2 Å². The molecule has 0 fully saturated rings. The molecule has 0 radical (unpaired) electrons. The van der Waals surface area contributed by atoms with Crippen molar-refractivity contribution in [3.05, 3.63) is 16.5 Å². The van der Waals surface area contributed by atoms with E-state index in [1.165, 1.54) is 0 Å². The summed E-state index contributed by atoms with van der Waals surface area (Å²) in [5, 5.41) is 16.1. The summed E-state index contributed by atoms with van der Waals surface area (Å²) in [5.41, 5.74) is 0.180. The summed E-state index contributed by atoms with van der Waals surface area (Å²) in [7, 11) is 1.68. The molecule has 0 saturated carbocycles. The number of rotatable bonds is 6. The van der Waals surface area contributed by atoms with Crippen LogP contribution >= 0.6 is 22.7 Å². The number of hydrogen-bond acceptors (Lipinski definition) is 6. The first-order chi connectivity index (χ1) is 9.48. The lowest BCUT2D eigenvalue weighted by Gasteiger charge is -2.20. The number of aromatic nitrogens is 2. The van der Waals surface area contributed by atoms with Crippen molar-refractivity contribution in [2.75, 3.05) is 13.7 Å². The highest BCUT2D eigenvalue weighted by Crippen LogP contribution is 2.32. The molecule has 0 atom stereocenters. The fraction of sp³-hybridized carbons (Fsp3) is 0.571. The smallest absolute Gasteiger partial charge is 0.157 e. The highest BCUT2D eigenvalue weighted by atomic mass is 32.1. The van der Waals surface area contributed by atoms with E-state index in [1.54, 1.807) is 29.8 Å². The van der Waals surface area contributed by atoms with Crippen molar-refractivity contribution in [1.29, 1.82) is 0 Å². The molecular formula is C14H21N3OS2. The molecule has 0 bridgehead atoms. The van der Waals surface area contributed by atoms with Crippen molar-refractivity contribution in [3.8, 4) is 15.6 Å². The molecule has 1 N–H and O–H groups in total. The standard InChI is InChI=1S/C14H21N3OS2/c1-14(2,3)15-7-5-6-12-16-17-13(20-12)11-8-10(18-4)9-19-11/h8-9,15H,5-7H2,1-4H3. The molecule has 2 aromatic rings. The average molecular weight is 311 g/mol. The summed E-state index contributed by atoms with van der Waals surface area (Å²) in [6, 6.07) is 2.01. The topological polar surface area (TPSA) is 47.0 Å². The van der Waals surface area contributed by atoms with Gasteiger partial charge in [0.25, 0.3) is 0 Å². The molecule has 0 spiro atoms. The second kappa shape index (κ2) is 6.65. The average Bonchev–Trinajstić information content (AvgIpc) is 3.02. The van der Waals surface area contributed by atoms with Gasteiger partial charge in [-0.3, -0.25) is 0 Å². The van der Waals surface area contributed by atoms with Gasteiger partial charge in [-0.05, 0) is 33.7 Å². The van der Waals surface area contributed by atoms with Crippen LogP contribution in [0.5, 0.6) is 5.75 Å². The summed E-state index contributed by atoms with van der Waals surface area (Å²) in [6.45, 7) is 7.55. The summed E-state index contributed by atoms with van der Waals surface area (Å²) in [4.78, 5) is 1.12. The minimum absolute atomic E-state index is 0.180. The van der Waals surface area contributed by atoms with Crippen LogP contribution < -0.4 is 10.1 Å². The largest absolute Gasteiger partial charge is 0.496 e. The van der Waals surface area contributed by atoms with Gasteiger partial charge in [-0.15, -0.1) is 21.5 Å². The maximum atomic E-state index is 5.19. The Morgan fingerprint density at radius 1 is 1.30 bits per heavy atom. The second-order valence-electron chi connectivity index (χ2n) is 5.63. The van der Waals surface area contributed by atoms with Crippen LogP contribution in [-0.2, 0) is 6.42 Å². The van der Waals surface area contributed by atoms with Crippen molar-refractivity contribution < 1.29 is 4.74 Å². The quantitative estimate of drug-likeness (QED) is 0.828. The zero-order valence-corrected chi connectivity index (χ0v) is 14.0. The summed E-state index contributed by atoms with van der Waals surface area (Å²) >= 11 is 3.32. The van der Waals surface area contributed by atoms with Crippen molar-refractivity contribution in [2.24, 2.45) is 0 Å². The lowest BCUT2D eigenvalue weighted by atomic mass is 10.1. The van der Waals surface area contributed by atoms with E-state index >= 15 is 0 Å². The normalized spacial score (nSPS) is 11.8. The summed E-state index contributed by atoms with van der Waals surface area (Å²) in [5.74, 6) is 0.885. The van der Waals surface area contributed by atoms with Crippen LogP contribution in [-0.4, -0.2) is 29.4 Å². The van der Waals surface area contributed by atoms with Gasteiger partial charge in [-0.1, -0.05) is 11.3 Å². The first-order valence-corrected chi connectivity index (χ1v) is 8.38. The first-order valence-electron chi connectivity index (χ1n) is 6.68. The SMILES string of the molecule is COc1csc(-c2nnc(CCCNC(C)(C)C)s2)c1. The Hall–Kier alpha value is -0.980. The van der Waals surface area contributed by atoms with Crippen LogP contribution in [0.2, 0.25) is 0 Å². The minimum Gasteiger partial charge on any atom is -0.496 e. The number of thiophene rings is 1. The van der Waals surface area contributed by atoms with E-state index in [-0.39, 0.29) is 5.54 Å². The van der Waals surface area contributed by atoms with Crippen molar-refractivity contribution in [3.63, 3.8) is 0 Å². The molecule has 6 heteroatoms. The van der Waals surface area contributed by atoms with Gasteiger partial charge >= 0.3 is 0 Å².